The van der Waals surface area contributed by atoms with Crippen LogP contribution in [0.1, 0.15) is 38.8 Å². The van der Waals surface area contributed by atoms with E-state index in [0.29, 0.717) is 0 Å². The molecule has 0 saturated carbocycles. The third-order valence-corrected chi connectivity index (χ3v) is 3.44. The van der Waals surface area contributed by atoms with Gasteiger partial charge < -0.3 is 4.84 Å². The molecular weight excluding hydrogens is 186 g/mol. The van der Waals surface area contributed by atoms with E-state index in [0.717, 1.165) is 0 Å². The van der Waals surface area contributed by atoms with E-state index in [1.165, 1.54) is 11.1 Å². The number of nitrogens with zero attached hydrogens (tertiary/aromatic N) is 1. The molecule has 0 aromatic heterocycles. The maximum Gasteiger partial charge on any atom is 0.0668 e. The lowest BCUT2D eigenvalue weighted by Crippen LogP contribution is -2.44. The van der Waals surface area contributed by atoms with Gasteiger partial charge in [0.25, 0.3) is 0 Å². The summed E-state index contributed by atoms with van der Waals surface area (Å²) >= 11 is 0. The molecule has 82 valence electrons. The summed E-state index contributed by atoms with van der Waals surface area (Å²) in [5.74, 6) is 0. The van der Waals surface area contributed by atoms with Crippen LogP contribution in [-0.2, 0) is 15.9 Å². The summed E-state index contributed by atoms with van der Waals surface area (Å²) in [6, 6.07) is 8.57. The molecule has 0 radical (unpaired) electrons. The quantitative estimate of drug-likeness (QED) is 0.698. The summed E-state index contributed by atoms with van der Waals surface area (Å²) in [6.45, 7) is 8.79. The molecule has 2 heteroatoms. The van der Waals surface area contributed by atoms with Crippen molar-refractivity contribution in [2.24, 2.45) is 0 Å². The van der Waals surface area contributed by atoms with Gasteiger partial charge in [-0.15, -0.1) is 0 Å². The Morgan fingerprint density at radius 1 is 0.933 bits per heavy atom. The normalized spacial score (nSPS) is 22.7. The Morgan fingerprint density at radius 2 is 1.33 bits per heavy atom. The van der Waals surface area contributed by atoms with E-state index in [9.17, 15) is 0 Å². The highest BCUT2D eigenvalue weighted by molar-refractivity contribution is 5.42. The van der Waals surface area contributed by atoms with Crippen molar-refractivity contribution < 1.29 is 4.84 Å². The summed E-state index contributed by atoms with van der Waals surface area (Å²) in [4.78, 5) is 5.56. The van der Waals surface area contributed by atoms with E-state index in [1.807, 2.05) is 0 Å². The molecule has 0 aliphatic carbocycles. The van der Waals surface area contributed by atoms with Crippen LogP contribution in [0.5, 0.6) is 0 Å². The summed E-state index contributed by atoms with van der Waals surface area (Å²) in [5.41, 5.74) is 2.60. The molecule has 0 spiro atoms. The third-order valence-electron chi connectivity index (χ3n) is 3.44. The van der Waals surface area contributed by atoms with Gasteiger partial charge in [-0.2, -0.15) is 5.06 Å². The first-order chi connectivity index (χ1) is 6.92. The number of hydrogen-bond acceptors (Lipinski definition) is 2. The molecule has 2 rings (SSSR count). The van der Waals surface area contributed by atoms with Crippen LogP contribution in [0.4, 0.5) is 0 Å². The first-order valence-electron chi connectivity index (χ1n) is 5.37. The van der Waals surface area contributed by atoms with E-state index in [4.69, 9.17) is 4.84 Å². The SMILES string of the molecule is CON1C(C)(C)c2ccccc2C1(C)C. The molecule has 0 N–H and O–H groups in total. The van der Waals surface area contributed by atoms with E-state index in [-0.39, 0.29) is 11.1 Å². The van der Waals surface area contributed by atoms with E-state index >= 15 is 0 Å². The average Bonchev–Trinajstić information content (AvgIpc) is 2.32. The fourth-order valence-electron chi connectivity index (χ4n) is 2.92. The maximum absolute atomic E-state index is 5.56. The molecule has 1 aromatic carbocycles. The van der Waals surface area contributed by atoms with Crippen molar-refractivity contribution in [1.82, 2.24) is 5.06 Å². The molecule has 0 saturated heterocycles. The fourth-order valence-corrected chi connectivity index (χ4v) is 2.92. The molecule has 0 amide bonds. The van der Waals surface area contributed by atoms with Crippen molar-refractivity contribution in [1.29, 1.82) is 0 Å². The molecule has 1 aliphatic heterocycles. The zero-order chi connectivity index (χ0) is 11.3. The van der Waals surface area contributed by atoms with E-state index in [2.05, 4.69) is 57.0 Å². The van der Waals surface area contributed by atoms with Gasteiger partial charge >= 0.3 is 0 Å². The highest BCUT2D eigenvalue weighted by Crippen LogP contribution is 2.48. The predicted octanol–water partition coefficient (Wildman–Crippen LogP) is 3.03. The first-order valence-corrected chi connectivity index (χ1v) is 5.37. The van der Waals surface area contributed by atoms with Crippen molar-refractivity contribution in [2.75, 3.05) is 7.11 Å². The van der Waals surface area contributed by atoms with Gasteiger partial charge in [0, 0.05) is 0 Å². The molecule has 2 nitrogen and oxygen atoms in total. The van der Waals surface area contributed by atoms with Crippen LogP contribution >= 0.6 is 0 Å². The van der Waals surface area contributed by atoms with Gasteiger partial charge in [0.05, 0.1) is 18.2 Å². The van der Waals surface area contributed by atoms with Crippen molar-refractivity contribution in [3.8, 4) is 0 Å². The van der Waals surface area contributed by atoms with Gasteiger partial charge in [-0.1, -0.05) is 24.3 Å². The molecule has 1 heterocycles. The Bertz CT molecular complexity index is 347. The zero-order valence-electron chi connectivity index (χ0n) is 10.2. The van der Waals surface area contributed by atoms with Crippen molar-refractivity contribution >= 4 is 0 Å². The van der Waals surface area contributed by atoms with E-state index < -0.39 is 0 Å². The predicted molar refractivity (Wildman–Crippen MR) is 61.3 cm³/mol. The first kappa shape index (κ1) is 10.7. The maximum atomic E-state index is 5.56. The van der Waals surface area contributed by atoms with Crippen molar-refractivity contribution in [3.63, 3.8) is 0 Å². The monoisotopic (exact) mass is 205 g/mol. The third kappa shape index (κ3) is 1.25. The second-order valence-electron chi connectivity index (χ2n) is 5.14. The Kier molecular flexibility index (Phi) is 2.18. The summed E-state index contributed by atoms with van der Waals surface area (Å²) < 4.78 is 0. The Balaban J connectivity index is 2.65. The van der Waals surface area contributed by atoms with E-state index in [1.54, 1.807) is 7.11 Å². The molecule has 0 fully saturated rings. The van der Waals surface area contributed by atoms with Crippen LogP contribution in [0.15, 0.2) is 24.3 Å². The standard InChI is InChI=1S/C13H19NO/c1-12(2)10-8-6-7-9-11(10)13(3,4)14(12)15-5/h6-9H,1-5H3. The minimum atomic E-state index is -0.0607. The number of hydroxylamine groups is 2. The van der Waals surface area contributed by atoms with Gasteiger partial charge in [0.1, 0.15) is 0 Å². The van der Waals surface area contributed by atoms with Gasteiger partial charge in [-0.05, 0) is 38.8 Å². The topological polar surface area (TPSA) is 12.5 Å². The van der Waals surface area contributed by atoms with Crippen molar-refractivity contribution in [2.45, 2.75) is 38.8 Å². The minimum Gasteiger partial charge on any atom is -0.301 e. The highest BCUT2D eigenvalue weighted by atomic mass is 16.7. The summed E-state index contributed by atoms with van der Waals surface area (Å²) in [6.07, 6.45) is 0. The highest BCUT2D eigenvalue weighted by Gasteiger charge is 2.49. The molecule has 0 atom stereocenters. The molecule has 0 bridgehead atoms. The van der Waals surface area contributed by atoms with Crippen LogP contribution in [-0.4, -0.2) is 12.2 Å². The smallest absolute Gasteiger partial charge is 0.0668 e. The Labute approximate surface area is 91.8 Å². The van der Waals surface area contributed by atoms with Crippen molar-refractivity contribution in [3.05, 3.63) is 35.4 Å². The van der Waals surface area contributed by atoms with Gasteiger partial charge in [0.2, 0.25) is 0 Å². The summed E-state index contributed by atoms with van der Waals surface area (Å²) in [5, 5.41) is 2.07. The second kappa shape index (κ2) is 3.06. The molecule has 0 unspecified atom stereocenters. The number of fused-ring (bicyclic) bond motifs is 1. The molecule has 1 aliphatic rings. The van der Waals surface area contributed by atoms with Crippen LogP contribution in [0.2, 0.25) is 0 Å². The van der Waals surface area contributed by atoms with Crippen LogP contribution in [0.3, 0.4) is 0 Å². The molecule has 15 heavy (non-hydrogen) atoms. The number of benzene rings is 1. The van der Waals surface area contributed by atoms with Gasteiger partial charge in [-0.25, -0.2) is 0 Å². The average molecular weight is 205 g/mol. The zero-order valence-corrected chi connectivity index (χ0v) is 10.2. The van der Waals surface area contributed by atoms with Gasteiger partial charge in [0.15, 0.2) is 0 Å². The number of rotatable bonds is 1. The lowest BCUT2D eigenvalue weighted by molar-refractivity contribution is -0.241. The molecule has 1 aromatic rings. The lowest BCUT2D eigenvalue weighted by Gasteiger charge is -2.38. The molecular formula is C13H19NO. The second-order valence-corrected chi connectivity index (χ2v) is 5.14. The Hall–Kier alpha value is -0.860. The summed E-state index contributed by atoms with van der Waals surface area (Å²) in [7, 11) is 1.75. The number of hydrogen-bond donors (Lipinski definition) is 0. The lowest BCUT2D eigenvalue weighted by atomic mass is 9.91. The largest absolute Gasteiger partial charge is 0.301 e. The van der Waals surface area contributed by atoms with Gasteiger partial charge in [-0.3, -0.25) is 0 Å². The Morgan fingerprint density at radius 3 is 1.67 bits per heavy atom. The van der Waals surface area contributed by atoms with Crippen LogP contribution in [0, 0.1) is 0 Å². The van der Waals surface area contributed by atoms with Crippen LogP contribution in [0.25, 0.3) is 0 Å². The minimum absolute atomic E-state index is 0.0607. The fraction of sp³-hybridized carbons (Fsp3) is 0.538. The van der Waals surface area contributed by atoms with Crippen LogP contribution < -0.4 is 0 Å².